The molecule has 2 amide bonds. The first-order chi connectivity index (χ1) is 23.1. The van der Waals surface area contributed by atoms with Crippen molar-refractivity contribution in [2.24, 2.45) is 0 Å². The third-order valence-corrected chi connectivity index (χ3v) is 9.78. The number of hydrogen-bond donors (Lipinski definition) is 2. The summed E-state index contributed by atoms with van der Waals surface area (Å²) in [6.07, 6.45) is 26.5. The molecule has 6 nitrogen and oxygen atoms in total. The quantitative estimate of drug-likeness (QED) is 0.0875. The average Bonchev–Trinajstić information content (AvgIpc) is 3.04. The van der Waals surface area contributed by atoms with E-state index in [1.165, 1.54) is 114 Å². The van der Waals surface area contributed by atoms with Crippen LogP contribution in [0.4, 0.5) is 0 Å². The van der Waals surface area contributed by atoms with Crippen molar-refractivity contribution < 1.29 is 43.4 Å². The lowest BCUT2D eigenvalue weighted by Gasteiger charge is -2.31. The zero-order valence-electron chi connectivity index (χ0n) is 33.6. The van der Waals surface area contributed by atoms with E-state index >= 15 is 0 Å². The molecule has 0 radical (unpaired) electrons. The number of benzene rings is 1. The maximum atomic E-state index is 12.3. The summed E-state index contributed by atoms with van der Waals surface area (Å²) in [5, 5.41) is 6.29. The average molecular weight is 744 g/mol. The highest BCUT2D eigenvalue weighted by Crippen LogP contribution is 2.16. The molecular weight excluding hydrogens is 663 g/mol. The molecule has 1 aromatic carbocycles. The Morgan fingerprint density at radius 1 is 0.460 bits per heavy atom. The van der Waals surface area contributed by atoms with Crippen LogP contribution in [0.15, 0.2) is 24.3 Å². The van der Waals surface area contributed by atoms with Crippen LogP contribution in [-0.4, -0.2) is 75.2 Å². The fourth-order valence-electron chi connectivity index (χ4n) is 6.74. The summed E-state index contributed by atoms with van der Waals surface area (Å²) >= 11 is 0. The van der Waals surface area contributed by atoms with Crippen molar-refractivity contribution in [2.75, 3.05) is 54.4 Å². The number of nitrogens with one attached hydrogen (secondary N) is 2. The minimum atomic E-state index is 0. The summed E-state index contributed by atoms with van der Waals surface area (Å²) in [6.45, 7) is 10.1. The Morgan fingerprint density at radius 3 is 1.04 bits per heavy atom. The molecule has 0 bridgehead atoms. The van der Waals surface area contributed by atoms with Crippen molar-refractivity contribution in [1.82, 2.24) is 10.6 Å². The summed E-state index contributed by atoms with van der Waals surface area (Å²) in [6, 6.07) is 9.15. The summed E-state index contributed by atoms with van der Waals surface area (Å²) in [7, 11) is 9.14. The Labute approximate surface area is 322 Å². The molecule has 0 heterocycles. The van der Waals surface area contributed by atoms with Crippen molar-refractivity contribution in [3.05, 3.63) is 35.4 Å². The maximum absolute atomic E-state index is 12.3. The third-order valence-electron chi connectivity index (χ3n) is 9.78. The van der Waals surface area contributed by atoms with Crippen LogP contribution in [0.5, 0.6) is 0 Å². The number of hydrogen-bond acceptors (Lipinski definition) is 2. The van der Waals surface area contributed by atoms with Crippen LogP contribution in [-0.2, 0) is 22.7 Å². The zero-order valence-corrected chi connectivity index (χ0v) is 35.1. The second-order valence-electron chi connectivity index (χ2n) is 16.0. The molecule has 0 aromatic heterocycles. The molecule has 1 rings (SSSR count). The lowest BCUT2D eigenvalue weighted by Crippen LogP contribution is -3.00. The summed E-state index contributed by atoms with van der Waals surface area (Å²) in [5.41, 5.74) is 2.72. The van der Waals surface area contributed by atoms with E-state index in [1.54, 1.807) is 0 Å². The highest BCUT2D eigenvalue weighted by atomic mass is 35.5. The van der Waals surface area contributed by atoms with Crippen molar-refractivity contribution in [2.45, 2.75) is 168 Å². The van der Waals surface area contributed by atoms with Crippen LogP contribution in [0.2, 0.25) is 0 Å². The molecular formula is C42H80Cl2N4O2. The van der Waals surface area contributed by atoms with Crippen LogP contribution in [0.3, 0.4) is 0 Å². The van der Waals surface area contributed by atoms with Gasteiger partial charge < -0.3 is 44.4 Å². The van der Waals surface area contributed by atoms with Crippen molar-refractivity contribution in [3.63, 3.8) is 0 Å². The first-order valence-corrected chi connectivity index (χ1v) is 20.3. The van der Waals surface area contributed by atoms with Crippen LogP contribution < -0.4 is 35.4 Å². The van der Waals surface area contributed by atoms with Crippen molar-refractivity contribution in [3.8, 4) is 0 Å². The molecule has 294 valence electrons. The Kier molecular flexibility index (Phi) is 32.8. The van der Waals surface area contributed by atoms with Gasteiger partial charge in [-0.25, -0.2) is 0 Å². The molecule has 1 aromatic rings. The topological polar surface area (TPSA) is 58.2 Å². The van der Waals surface area contributed by atoms with Gasteiger partial charge in [0.25, 0.3) is 0 Å². The molecule has 0 aliphatic rings. The Hall–Kier alpha value is -1.34. The van der Waals surface area contributed by atoms with Gasteiger partial charge in [0.15, 0.2) is 0 Å². The predicted octanol–water partition coefficient (Wildman–Crippen LogP) is 3.70. The molecule has 0 aliphatic carbocycles. The van der Waals surface area contributed by atoms with Crippen LogP contribution in [0.25, 0.3) is 0 Å². The van der Waals surface area contributed by atoms with Gasteiger partial charge >= 0.3 is 0 Å². The number of amides is 2. The van der Waals surface area contributed by atoms with E-state index < -0.39 is 0 Å². The van der Waals surface area contributed by atoms with Gasteiger partial charge in [0.2, 0.25) is 11.8 Å². The minimum Gasteiger partial charge on any atom is -1.00 e. The fourth-order valence-corrected chi connectivity index (χ4v) is 6.74. The summed E-state index contributed by atoms with van der Waals surface area (Å²) in [4.78, 5) is 24.5. The molecule has 0 saturated heterocycles. The minimum absolute atomic E-state index is 0. The Balaban J connectivity index is 0. The predicted molar refractivity (Wildman–Crippen MR) is 207 cm³/mol. The van der Waals surface area contributed by atoms with Gasteiger partial charge in [-0.15, -0.1) is 0 Å². The van der Waals surface area contributed by atoms with E-state index in [0.29, 0.717) is 12.8 Å². The lowest BCUT2D eigenvalue weighted by atomic mass is 10.1. The van der Waals surface area contributed by atoms with Crippen LogP contribution in [0.1, 0.15) is 166 Å². The Bertz CT molecular complexity index is 865. The molecule has 8 heteroatoms. The molecule has 2 N–H and O–H groups in total. The summed E-state index contributed by atoms with van der Waals surface area (Å²) in [5.74, 6) is 0.434. The van der Waals surface area contributed by atoms with E-state index in [9.17, 15) is 9.59 Å². The van der Waals surface area contributed by atoms with Crippen LogP contribution >= 0.6 is 0 Å². The molecule has 0 fully saturated rings. The number of unbranched alkanes of at least 4 members (excludes halogenated alkanes) is 16. The van der Waals surface area contributed by atoms with Gasteiger partial charge in [-0.1, -0.05) is 141 Å². The van der Waals surface area contributed by atoms with Crippen molar-refractivity contribution in [1.29, 1.82) is 0 Å². The fraction of sp³-hybridized carbons (Fsp3) is 0.810. The van der Waals surface area contributed by atoms with Gasteiger partial charge in [-0.3, -0.25) is 9.59 Å². The second-order valence-corrected chi connectivity index (χ2v) is 16.0. The van der Waals surface area contributed by atoms with E-state index in [1.807, 2.05) is 0 Å². The van der Waals surface area contributed by atoms with E-state index in [2.05, 4.69) is 76.9 Å². The van der Waals surface area contributed by atoms with E-state index in [-0.39, 0.29) is 36.6 Å². The third kappa shape index (κ3) is 30.3. The van der Waals surface area contributed by atoms with Gasteiger partial charge in [-0.2, -0.15) is 0 Å². The number of rotatable bonds is 32. The van der Waals surface area contributed by atoms with Gasteiger partial charge in [0, 0.05) is 49.9 Å². The van der Waals surface area contributed by atoms with E-state index in [4.69, 9.17) is 0 Å². The highest BCUT2D eigenvalue weighted by Gasteiger charge is 2.18. The molecule has 0 unspecified atom stereocenters. The van der Waals surface area contributed by atoms with Crippen LogP contribution in [0, 0.1) is 0 Å². The zero-order chi connectivity index (χ0) is 35.4. The molecule has 0 spiro atoms. The van der Waals surface area contributed by atoms with Gasteiger partial charge in [-0.05, 0) is 12.8 Å². The number of quaternary nitrogens is 2. The van der Waals surface area contributed by atoms with Gasteiger partial charge in [0.1, 0.15) is 13.1 Å². The maximum Gasteiger partial charge on any atom is 0.219 e. The standard InChI is InChI=1S/C42H78N4O2.2ClH/c1-7-9-11-13-15-17-19-21-23-27-41(47)43-33-25-35-45(3,4)37-39-29-31-40(32-30-39)38-46(5,6)36-26-34-44-42(48)28-24-22-20-18-16-14-12-10-8-2;;/h29-32H,7-28,33-38H2,1-6H3;2*1H. The number of carbonyl (C=O) groups is 2. The number of carbonyl (C=O) groups excluding carboxylic acids is 2. The normalized spacial score (nSPS) is 11.5. The first kappa shape index (κ1) is 50.8. The monoisotopic (exact) mass is 743 g/mol. The van der Waals surface area contributed by atoms with Crippen molar-refractivity contribution >= 4 is 11.8 Å². The number of nitrogens with zero attached hydrogens (tertiary/aromatic N) is 2. The molecule has 0 saturated carbocycles. The molecule has 0 aliphatic heterocycles. The Morgan fingerprint density at radius 2 is 0.740 bits per heavy atom. The van der Waals surface area contributed by atoms with E-state index in [0.717, 1.165) is 73.9 Å². The lowest BCUT2D eigenvalue weighted by molar-refractivity contribution is -0.904. The first-order valence-electron chi connectivity index (χ1n) is 20.3. The molecule has 50 heavy (non-hydrogen) atoms. The van der Waals surface area contributed by atoms with Gasteiger partial charge in [0.05, 0.1) is 41.3 Å². The highest BCUT2D eigenvalue weighted by molar-refractivity contribution is 5.76. The smallest absolute Gasteiger partial charge is 0.219 e. The number of halogens is 2. The SMILES string of the molecule is CCCCCCCCCCCC(=O)NCCC[N+](C)(C)Cc1ccc(C[N+](C)(C)CCCNC(=O)CCCCCCCCCCC)cc1.[Cl-].[Cl-]. The second kappa shape index (κ2) is 32.3. The summed E-state index contributed by atoms with van der Waals surface area (Å²) < 4.78 is 1.83. The largest absolute Gasteiger partial charge is 1.00 e. The molecule has 0 atom stereocenters.